The van der Waals surface area contributed by atoms with E-state index in [4.69, 9.17) is 0 Å². The molecule has 0 aliphatic rings. The maximum atomic E-state index is 12.2. The van der Waals surface area contributed by atoms with Crippen LogP contribution < -0.4 is 16.0 Å². The normalized spacial score (nSPS) is 11.7. The number of carbonyl (C=O) groups excluding carboxylic acids is 2. The van der Waals surface area contributed by atoms with Gasteiger partial charge in [0.15, 0.2) is 0 Å². The highest BCUT2D eigenvalue weighted by molar-refractivity contribution is 5.93. The zero-order chi connectivity index (χ0) is 18.2. The second-order valence-corrected chi connectivity index (χ2v) is 6.24. The summed E-state index contributed by atoms with van der Waals surface area (Å²) in [5.41, 5.74) is 2.62. The molecule has 0 fully saturated rings. The fourth-order valence-electron chi connectivity index (χ4n) is 2.59. The average molecular weight is 339 g/mol. The van der Waals surface area contributed by atoms with Gasteiger partial charge in [-0.1, -0.05) is 56.3 Å². The largest absolute Gasteiger partial charge is 0.355 e. The summed E-state index contributed by atoms with van der Waals surface area (Å²) in [5, 5.41) is 8.47. The molecule has 0 bridgehead atoms. The molecular formula is C20H25N3O2. The van der Waals surface area contributed by atoms with E-state index in [1.807, 2.05) is 42.5 Å². The second-order valence-electron chi connectivity index (χ2n) is 6.24. The van der Waals surface area contributed by atoms with Crippen molar-refractivity contribution in [2.24, 2.45) is 5.92 Å². The molecule has 2 rings (SSSR count). The Labute approximate surface area is 148 Å². The van der Waals surface area contributed by atoms with E-state index < -0.39 is 0 Å². The van der Waals surface area contributed by atoms with Gasteiger partial charge >= 0.3 is 6.03 Å². The van der Waals surface area contributed by atoms with Crippen LogP contribution in [0, 0.1) is 5.92 Å². The topological polar surface area (TPSA) is 70.2 Å². The molecule has 25 heavy (non-hydrogen) atoms. The maximum absolute atomic E-state index is 12.2. The van der Waals surface area contributed by atoms with Crippen molar-refractivity contribution in [3.05, 3.63) is 71.3 Å². The summed E-state index contributed by atoms with van der Waals surface area (Å²) in [4.78, 5) is 23.8. The van der Waals surface area contributed by atoms with Crippen LogP contribution in [-0.4, -0.2) is 19.0 Å². The molecule has 0 heterocycles. The zero-order valence-electron chi connectivity index (χ0n) is 14.9. The van der Waals surface area contributed by atoms with Crippen LogP contribution in [0.5, 0.6) is 0 Å². The van der Waals surface area contributed by atoms with E-state index in [2.05, 4.69) is 29.8 Å². The molecule has 0 spiro atoms. The predicted molar refractivity (Wildman–Crippen MR) is 99.2 cm³/mol. The summed E-state index contributed by atoms with van der Waals surface area (Å²) in [6, 6.07) is 16.8. The summed E-state index contributed by atoms with van der Waals surface area (Å²) >= 11 is 0. The summed E-state index contributed by atoms with van der Waals surface area (Å²) < 4.78 is 0. The molecular weight excluding hydrogens is 314 g/mol. The van der Waals surface area contributed by atoms with Crippen molar-refractivity contribution in [3.63, 3.8) is 0 Å². The van der Waals surface area contributed by atoms with E-state index >= 15 is 0 Å². The van der Waals surface area contributed by atoms with Gasteiger partial charge in [-0.05, 0) is 29.2 Å². The number of hydrogen-bond acceptors (Lipinski definition) is 2. The molecule has 0 saturated heterocycles. The zero-order valence-corrected chi connectivity index (χ0v) is 14.9. The number of rotatable bonds is 6. The van der Waals surface area contributed by atoms with Crippen LogP contribution in [0.2, 0.25) is 0 Å². The summed E-state index contributed by atoms with van der Waals surface area (Å²) in [6.45, 7) is 4.56. The van der Waals surface area contributed by atoms with E-state index in [9.17, 15) is 9.59 Å². The van der Waals surface area contributed by atoms with Gasteiger partial charge in [-0.3, -0.25) is 4.79 Å². The molecule has 3 N–H and O–H groups in total. The number of amides is 3. The van der Waals surface area contributed by atoms with E-state index in [1.54, 1.807) is 19.2 Å². The maximum Gasteiger partial charge on any atom is 0.315 e. The molecule has 0 radical (unpaired) electrons. The Hall–Kier alpha value is -2.82. The molecule has 3 amide bonds. The lowest BCUT2D eigenvalue weighted by molar-refractivity contribution is 0.0963. The Bertz CT molecular complexity index is 697. The first-order chi connectivity index (χ1) is 12.0. The van der Waals surface area contributed by atoms with Gasteiger partial charge in [0.05, 0.1) is 6.04 Å². The Kier molecular flexibility index (Phi) is 6.57. The highest BCUT2D eigenvalue weighted by Gasteiger charge is 2.17. The minimum Gasteiger partial charge on any atom is -0.355 e. The Morgan fingerprint density at radius 1 is 0.960 bits per heavy atom. The molecule has 0 aromatic heterocycles. The smallest absolute Gasteiger partial charge is 0.315 e. The number of carbonyl (C=O) groups is 2. The van der Waals surface area contributed by atoms with Crippen molar-refractivity contribution in [3.8, 4) is 0 Å². The van der Waals surface area contributed by atoms with Crippen LogP contribution in [0.4, 0.5) is 4.79 Å². The van der Waals surface area contributed by atoms with Crippen LogP contribution >= 0.6 is 0 Å². The molecule has 0 aliphatic carbocycles. The molecule has 2 aromatic rings. The highest BCUT2D eigenvalue weighted by Crippen LogP contribution is 2.21. The highest BCUT2D eigenvalue weighted by atomic mass is 16.2. The second kappa shape index (κ2) is 8.87. The third-order valence-corrected chi connectivity index (χ3v) is 4.01. The van der Waals surface area contributed by atoms with Crippen molar-refractivity contribution >= 4 is 11.9 Å². The minimum absolute atomic E-state index is 0.0446. The van der Waals surface area contributed by atoms with Gasteiger partial charge in [0.1, 0.15) is 0 Å². The van der Waals surface area contributed by atoms with Crippen LogP contribution in [0.1, 0.15) is 41.4 Å². The van der Waals surface area contributed by atoms with Gasteiger partial charge in [0.25, 0.3) is 5.91 Å². The van der Waals surface area contributed by atoms with Crippen molar-refractivity contribution in [2.45, 2.75) is 26.4 Å². The molecule has 132 valence electrons. The van der Waals surface area contributed by atoms with Crippen LogP contribution in [0.25, 0.3) is 0 Å². The third-order valence-electron chi connectivity index (χ3n) is 4.01. The van der Waals surface area contributed by atoms with E-state index in [1.165, 1.54) is 0 Å². The number of hydrogen-bond donors (Lipinski definition) is 3. The first kappa shape index (κ1) is 18.5. The number of benzene rings is 2. The van der Waals surface area contributed by atoms with Crippen molar-refractivity contribution in [1.29, 1.82) is 0 Å². The lowest BCUT2D eigenvalue weighted by Crippen LogP contribution is -2.39. The number of urea groups is 1. The molecule has 0 saturated carbocycles. The fraction of sp³-hybridized carbons (Fsp3) is 0.300. The molecule has 2 aromatic carbocycles. The first-order valence-electron chi connectivity index (χ1n) is 8.41. The van der Waals surface area contributed by atoms with E-state index in [-0.39, 0.29) is 23.9 Å². The number of nitrogens with one attached hydrogen (secondary N) is 3. The van der Waals surface area contributed by atoms with Crippen LogP contribution in [0.3, 0.4) is 0 Å². The van der Waals surface area contributed by atoms with Gasteiger partial charge in [-0.15, -0.1) is 0 Å². The Morgan fingerprint density at radius 2 is 1.60 bits per heavy atom. The van der Waals surface area contributed by atoms with Crippen LogP contribution in [-0.2, 0) is 6.54 Å². The predicted octanol–water partition coefficient (Wildman–Crippen LogP) is 3.24. The van der Waals surface area contributed by atoms with Crippen LogP contribution in [0.15, 0.2) is 54.6 Å². The van der Waals surface area contributed by atoms with Gasteiger partial charge in [0, 0.05) is 19.2 Å². The standard InChI is InChI=1S/C20H25N3O2/c1-14(2)18(16-7-5-4-6-8-16)23-20(25)22-13-15-9-11-17(12-10-15)19(24)21-3/h4-12,14,18H,13H2,1-3H3,(H,21,24)(H2,22,23,25). The van der Waals surface area contributed by atoms with Gasteiger partial charge in [-0.2, -0.15) is 0 Å². The molecule has 0 aliphatic heterocycles. The lowest BCUT2D eigenvalue weighted by atomic mass is 9.96. The first-order valence-corrected chi connectivity index (χ1v) is 8.41. The molecule has 5 heteroatoms. The summed E-state index contributed by atoms with van der Waals surface area (Å²) in [6.07, 6.45) is 0. The van der Waals surface area contributed by atoms with Crippen molar-refractivity contribution in [1.82, 2.24) is 16.0 Å². The average Bonchev–Trinajstić information content (AvgIpc) is 2.64. The lowest BCUT2D eigenvalue weighted by Gasteiger charge is -2.23. The minimum atomic E-state index is -0.210. The monoisotopic (exact) mass is 339 g/mol. The van der Waals surface area contributed by atoms with Crippen molar-refractivity contribution < 1.29 is 9.59 Å². The quantitative estimate of drug-likeness (QED) is 0.756. The van der Waals surface area contributed by atoms with Crippen molar-refractivity contribution in [2.75, 3.05) is 7.05 Å². The van der Waals surface area contributed by atoms with Gasteiger partial charge in [0.2, 0.25) is 0 Å². The fourth-order valence-corrected chi connectivity index (χ4v) is 2.59. The molecule has 1 unspecified atom stereocenters. The van der Waals surface area contributed by atoms with E-state index in [0.29, 0.717) is 12.1 Å². The van der Waals surface area contributed by atoms with E-state index in [0.717, 1.165) is 11.1 Å². The Balaban J connectivity index is 1.92. The Morgan fingerprint density at radius 3 is 2.16 bits per heavy atom. The molecule has 5 nitrogen and oxygen atoms in total. The summed E-state index contributed by atoms with van der Waals surface area (Å²) in [7, 11) is 1.60. The SMILES string of the molecule is CNC(=O)c1ccc(CNC(=O)NC(c2ccccc2)C(C)C)cc1. The van der Waals surface area contributed by atoms with Gasteiger partial charge < -0.3 is 16.0 Å². The van der Waals surface area contributed by atoms with Gasteiger partial charge in [-0.25, -0.2) is 4.79 Å². The summed E-state index contributed by atoms with van der Waals surface area (Å²) in [5.74, 6) is 0.153. The third kappa shape index (κ3) is 5.35. The molecule has 1 atom stereocenters.